The standard InChI is InChI=1S/C23H31N3O3/c1-23(2,3)29-22(28)24-15-17-11-13-19(14-12-17)21(27)25-20(16-26(4)5)18-9-7-6-8-10-18/h6-14,20H,15-16H2,1-5H3,(H,24,28)(H,25,27)/p+1/t20-/m0/s1. The van der Waals surface area contributed by atoms with Gasteiger partial charge in [-0.2, -0.15) is 0 Å². The maximum atomic E-state index is 12.7. The van der Waals surface area contributed by atoms with Gasteiger partial charge in [-0.25, -0.2) is 4.79 Å². The Balaban J connectivity index is 1.97. The average molecular weight is 399 g/mol. The predicted molar refractivity (Wildman–Crippen MR) is 114 cm³/mol. The molecule has 156 valence electrons. The number of nitrogens with one attached hydrogen (secondary N) is 3. The average Bonchev–Trinajstić information content (AvgIpc) is 2.65. The van der Waals surface area contributed by atoms with Crippen LogP contribution >= 0.6 is 0 Å². The lowest BCUT2D eigenvalue weighted by molar-refractivity contribution is -0.860. The van der Waals surface area contributed by atoms with Crippen LogP contribution in [0.15, 0.2) is 54.6 Å². The molecule has 0 aliphatic carbocycles. The molecule has 0 heterocycles. The molecular weight excluding hydrogens is 366 g/mol. The maximum Gasteiger partial charge on any atom is 0.407 e. The molecule has 0 radical (unpaired) electrons. The van der Waals surface area contributed by atoms with E-state index < -0.39 is 11.7 Å². The SMILES string of the molecule is C[NH+](C)C[C@H](NC(=O)c1ccc(CNC(=O)OC(C)(C)C)cc1)c1ccccc1. The van der Waals surface area contributed by atoms with Gasteiger partial charge in [-0.15, -0.1) is 0 Å². The molecule has 0 aliphatic rings. The number of ether oxygens (including phenoxy) is 1. The summed E-state index contributed by atoms with van der Waals surface area (Å²) in [5, 5.41) is 5.84. The number of alkyl carbamates (subject to hydrolysis) is 1. The Bertz CT molecular complexity index is 796. The summed E-state index contributed by atoms with van der Waals surface area (Å²) in [6.07, 6.45) is -0.462. The molecule has 2 rings (SSSR count). The van der Waals surface area contributed by atoms with Gasteiger partial charge < -0.3 is 20.3 Å². The van der Waals surface area contributed by atoms with E-state index in [0.717, 1.165) is 17.7 Å². The number of carbonyl (C=O) groups is 2. The lowest BCUT2D eigenvalue weighted by Gasteiger charge is -2.21. The first-order valence-electron chi connectivity index (χ1n) is 9.84. The molecule has 2 amide bonds. The molecule has 0 fully saturated rings. The van der Waals surface area contributed by atoms with Gasteiger partial charge in [-0.05, 0) is 44.0 Å². The van der Waals surface area contributed by atoms with Crippen molar-refractivity contribution in [1.29, 1.82) is 0 Å². The monoisotopic (exact) mass is 398 g/mol. The van der Waals surface area contributed by atoms with E-state index in [4.69, 9.17) is 4.74 Å². The number of amides is 2. The van der Waals surface area contributed by atoms with Gasteiger partial charge in [0.15, 0.2) is 0 Å². The maximum absolute atomic E-state index is 12.7. The van der Waals surface area contributed by atoms with Crippen molar-refractivity contribution in [2.24, 2.45) is 0 Å². The minimum absolute atomic E-state index is 0.0674. The molecule has 0 aromatic heterocycles. The topological polar surface area (TPSA) is 71.9 Å². The Morgan fingerprint density at radius 2 is 1.62 bits per heavy atom. The first-order valence-corrected chi connectivity index (χ1v) is 9.84. The van der Waals surface area contributed by atoms with Crippen LogP contribution in [0.25, 0.3) is 0 Å². The highest BCUT2D eigenvalue weighted by Gasteiger charge is 2.19. The summed E-state index contributed by atoms with van der Waals surface area (Å²) in [6.45, 7) is 6.59. The van der Waals surface area contributed by atoms with E-state index in [1.807, 2.05) is 63.2 Å². The van der Waals surface area contributed by atoms with Crippen LogP contribution in [-0.4, -0.2) is 38.2 Å². The molecule has 0 saturated carbocycles. The molecule has 29 heavy (non-hydrogen) atoms. The van der Waals surface area contributed by atoms with Gasteiger partial charge in [0.2, 0.25) is 0 Å². The van der Waals surface area contributed by atoms with E-state index in [-0.39, 0.29) is 11.9 Å². The number of likely N-dealkylation sites (N-methyl/N-ethyl adjacent to an activating group) is 1. The zero-order valence-electron chi connectivity index (χ0n) is 17.9. The zero-order chi connectivity index (χ0) is 21.4. The Morgan fingerprint density at radius 1 is 1.00 bits per heavy atom. The predicted octanol–water partition coefficient (Wildman–Crippen LogP) is 2.33. The van der Waals surface area contributed by atoms with Crippen molar-refractivity contribution >= 4 is 12.0 Å². The Labute approximate surface area is 173 Å². The fourth-order valence-electron chi connectivity index (χ4n) is 2.85. The molecule has 1 atom stereocenters. The van der Waals surface area contributed by atoms with Crippen molar-refractivity contribution in [3.05, 3.63) is 71.3 Å². The summed E-state index contributed by atoms with van der Waals surface area (Å²) in [5.41, 5.74) is 2.03. The van der Waals surface area contributed by atoms with Crippen molar-refractivity contribution in [2.75, 3.05) is 20.6 Å². The normalized spacial score (nSPS) is 12.3. The van der Waals surface area contributed by atoms with Crippen LogP contribution in [-0.2, 0) is 11.3 Å². The Morgan fingerprint density at radius 3 is 2.17 bits per heavy atom. The van der Waals surface area contributed by atoms with Crippen LogP contribution in [0, 0.1) is 0 Å². The van der Waals surface area contributed by atoms with Crippen molar-refractivity contribution in [3.8, 4) is 0 Å². The van der Waals surface area contributed by atoms with Gasteiger partial charge in [0.25, 0.3) is 5.91 Å². The summed E-state index contributed by atoms with van der Waals surface area (Å²) in [7, 11) is 4.13. The van der Waals surface area contributed by atoms with Gasteiger partial charge in [0, 0.05) is 12.1 Å². The van der Waals surface area contributed by atoms with Crippen LogP contribution in [0.2, 0.25) is 0 Å². The third-order valence-electron chi connectivity index (χ3n) is 4.17. The molecule has 2 aromatic rings. The summed E-state index contributed by atoms with van der Waals surface area (Å²) in [4.78, 5) is 25.7. The van der Waals surface area contributed by atoms with Gasteiger partial charge in [0.1, 0.15) is 18.2 Å². The van der Waals surface area contributed by atoms with Crippen LogP contribution in [0.4, 0.5) is 4.79 Å². The van der Waals surface area contributed by atoms with Crippen LogP contribution < -0.4 is 15.5 Å². The number of hydrogen-bond donors (Lipinski definition) is 3. The summed E-state index contributed by atoms with van der Waals surface area (Å²) >= 11 is 0. The third-order valence-corrected chi connectivity index (χ3v) is 4.17. The van der Waals surface area contributed by atoms with E-state index in [0.29, 0.717) is 12.1 Å². The number of carbonyl (C=O) groups excluding carboxylic acids is 2. The van der Waals surface area contributed by atoms with E-state index >= 15 is 0 Å². The summed E-state index contributed by atoms with van der Waals surface area (Å²) < 4.78 is 5.22. The van der Waals surface area contributed by atoms with Crippen molar-refractivity contribution in [1.82, 2.24) is 10.6 Å². The Hall–Kier alpha value is -2.86. The molecule has 0 spiro atoms. The molecule has 6 nitrogen and oxygen atoms in total. The molecule has 0 aliphatic heterocycles. The van der Waals surface area contributed by atoms with Gasteiger partial charge in [-0.3, -0.25) is 4.79 Å². The van der Waals surface area contributed by atoms with Gasteiger partial charge in [-0.1, -0.05) is 42.5 Å². The lowest BCUT2D eigenvalue weighted by Crippen LogP contribution is -3.06. The summed E-state index contributed by atoms with van der Waals surface area (Å²) in [6, 6.07) is 17.1. The number of benzene rings is 2. The fourth-order valence-corrected chi connectivity index (χ4v) is 2.85. The molecule has 0 saturated heterocycles. The highest BCUT2D eigenvalue weighted by Crippen LogP contribution is 2.13. The number of quaternary nitrogens is 1. The third kappa shape index (κ3) is 7.95. The van der Waals surface area contributed by atoms with E-state index in [9.17, 15) is 9.59 Å². The molecule has 0 bridgehead atoms. The second kappa shape index (κ2) is 10.1. The first kappa shape index (κ1) is 22.4. The molecule has 2 aromatic carbocycles. The van der Waals surface area contributed by atoms with E-state index in [1.165, 1.54) is 4.90 Å². The van der Waals surface area contributed by atoms with E-state index in [2.05, 4.69) is 24.7 Å². The largest absolute Gasteiger partial charge is 0.444 e. The van der Waals surface area contributed by atoms with Crippen molar-refractivity contribution < 1.29 is 19.2 Å². The zero-order valence-corrected chi connectivity index (χ0v) is 17.9. The van der Waals surface area contributed by atoms with E-state index in [1.54, 1.807) is 12.1 Å². The fraction of sp³-hybridized carbons (Fsp3) is 0.391. The lowest BCUT2D eigenvalue weighted by atomic mass is 10.1. The smallest absolute Gasteiger partial charge is 0.407 e. The second-order valence-corrected chi connectivity index (χ2v) is 8.40. The highest BCUT2D eigenvalue weighted by atomic mass is 16.6. The van der Waals surface area contributed by atoms with Crippen LogP contribution in [0.3, 0.4) is 0 Å². The van der Waals surface area contributed by atoms with Gasteiger partial charge in [0.05, 0.1) is 14.1 Å². The van der Waals surface area contributed by atoms with Gasteiger partial charge >= 0.3 is 6.09 Å². The molecule has 0 unspecified atom stereocenters. The summed E-state index contributed by atoms with van der Waals surface area (Å²) in [5.74, 6) is -0.119. The highest BCUT2D eigenvalue weighted by molar-refractivity contribution is 5.94. The molecule has 3 N–H and O–H groups in total. The Kier molecular flexibility index (Phi) is 7.79. The molecule has 6 heteroatoms. The number of rotatable bonds is 7. The van der Waals surface area contributed by atoms with Crippen molar-refractivity contribution in [2.45, 2.75) is 39.0 Å². The number of hydrogen-bond acceptors (Lipinski definition) is 3. The first-order chi connectivity index (χ1) is 13.6. The van der Waals surface area contributed by atoms with Crippen molar-refractivity contribution in [3.63, 3.8) is 0 Å². The minimum Gasteiger partial charge on any atom is -0.444 e. The van der Waals surface area contributed by atoms with Crippen LogP contribution in [0.5, 0.6) is 0 Å². The minimum atomic E-state index is -0.532. The molecular formula is C23H32N3O3+. The van der Waals surface area contributed by atoms with Crippen LogP contribution in [0.1, 0.15) is 48.3 Å². The quantitative estimate of drug-likeness (QED) is 0.670. The second-order valence-electron chi connectivity index (χ2n) is 8.40.